The van der Waals surface area contributed by atoms with E-state index in [2.05, 4.69) is 130 Å². The largest absolute Gasteiger partial charge is 0.462 e. The molecule has 0 aliphatic heterocycles. The maximum atomic E-state index is 12.9. The van der Waals surface area contributed by atoms with Gasteiger partial charge in [0.2, 0.25) is 0 Å². The molecule has 0 radical (unpaired) electrons. The van der Waals surface area contributed by atoms with Gasteiger partial charge in [-0.1, -0.05) is 259 Å². The van der Waals surface area contributed by atoms with Crippen molar-refractivity contribution >= 4 is 17.9 Å². The SMILES string of the molecule is CC/C=C\C/C=C\C/C=C\C/C=C\CCCCCCCCCCCCCCCCC(=O)OCC(COC(=O)CCCCC/C=C\C/C=C\C/C=C\CC)OC(=O)CCCCCCCCC/C=C\C/C=C\CCCCC. The molecule has 0 heterocycles. The number of unbranched alkanes of at least 4 members (excludes halogenated alkanes) is 27. The molecule has 0 aromatic carbocycles. The minimum absolute atomic E-state index is 0.0908. The van der Waals surface area contributed by atoms with Crippen molar-refractivity contribution in [2.75, 3.05) is 13.2 Å². The van der Waals surface area contributed by atoms with E-state index >= 15 is 0 Å². The molecule has 1 unspecified atom stereocenters. The molecule has 0 aromatic heterocycles. The van der Waals surface area contributed by atoms with Gasteiger partial charge in [-0.25, -0.2) is 0 Å². The van der Waals surface area contributed by atoms with Crippen molar-refractivity contribution in [3.05, 3.63) is 109 Å². The summed E-state index contributed by atoms with van der Waals surface area (Å²) in [5.41, 5.74) is 0. The van der Waals surface area contributed by atoms with Crippen LogP contribution in [0.3, 0.4) is 0 Å². The van der Waals surface area contributed by atoms with Crippen molar-refractivity contribution in [1.29, 1.82) is 0 Å². The van der Waals surface area contributed by atoms with Crippen molar-refractivity contribution in [1.82, 2.24) is 0 Å². The molecule has 0 spiro atoms. The van der Waals surface area contributed by atoms with Gasteiger partial charge < -0.3 is 14.2 Å². The van der Waals surface area contributed by atoms with Crippen molar-refractivity contribution in [2.45, 2.75) is 297 Å². The predicted octanol–water partition coefficient (Wildman–Crippen LogP) is 21.4. The van der Waals surface area contributed by atoms with E-state index in [9.17, 15) is 14.4 Å². The molecule has 75 heavy (non-hydrogen) atoms. The number of carbonyl (C=O) groups is 3. The summed E-state index contributed by atoms with van der Waals surface area (Å²) in [6.45, 7) is 6.37. The van der Waals surface area contributed by atoms with E-state index < -0.39 is 6.10 Å². The Hall–Kier alpha value is -3.93. The van der Waals surface area contributed by atoms with Crippen LogP contribution in [-0.2, 0) is 28.6 Å². The number of esters is 3. The molecule has 0 fully saturated rings. The summed E-state index contributed by atoms with van der Waals surface area (Å²) in [4.78, 5) is 38.2. The molecule has 0 aliphatic carbocycles. The maximum Gasteiger partial charge on any atom is 0.306 e. The standard InChI is InChI=1S/C69H116O6/c1-4-7-10-13-16-19-22-25-27-29-30-31-32-33-34-35-36-37-38-40-41-44-47-50-53-56-59-62-68(71)74-65-66(64-73-67(70)61-58-55-52-49-46-43-24-21-18-15-12-9-6-3)75-69(72)63-60-57-54-51-48-45-42-39-28-26-23-20-17-14-11-8-5-2/h7,9-10,12,16-21,25-28,30-31,43,46,66H,4-6,8,11,13-15,22-24,29,32-42,44-45,47-65H2,1-3H3/b10-7-,12-9-,19-16-,20-17-,21-18-,27-25-,28-26-,31-30-,46-43-. The van der Waals surface area contributed by atoms with Gasteiger partial charge in [-0.3, -0.25) is 14.4 Å². The van der Waals surface area contributed by atoms with Crippen molar-refractivity contribution in [3.8, 4) is 0 Å². The molecule has 0 rings (SSSR count). The van der Waals surface area contributed by atoms with Crippen molar-refractivity contribution < 1.29 is 28.6 Å². The van der Waals surface area contributed by atoms with Crippen LogP contribution in [0.1, 0.15) is 290 Å². The van der Waals surface area contributed by atoms with Gasteiger partial charge in [-0.2, -0.15) is 0 Å². The number of hydrogen-bond acceptors (Lipinski definition) is 6. The molecule has 6 heteroatoms. The highest BCUT2D eigenvalue weighted by Crippen LogP contribution is 2.16. The Balaban J connectivity index is 4.30. The zero-order valence-electron chi connectivity index (χ0n) is 49.0. The zero-order valence-corrected chi connectivity index (χ0v) is 49.0. The normalized spacial score (nSPS) is 12.8. The smallest absolute Gasteiger partial charge is 0.306 e. The van der Waals surface area contributed by atoms with E-state index in [1.54, 1.807) is 0 Å². The molecule has 428 valence electrons. The van der Waals surface area contributed by atoms with Crippen LogP contribution in [0.25, 0.3) is 0 Å². The maximum absolute atomic E-state index is 12.9. The minimum Gasteiger partial charge on any atom is -0.462 e. The molecule has 0 aromatic rings. The van der Waals surface area contributed by atoms with E-state index in [0.717, 1.165) is 122 Å². The van der Waals surface area contributed by atoms with Gasteiger partial charge in [0, 0.05) is 19.3 Å². The summed E-state index contributed by atoms with van der Waals surface area (Å²) < 4.78 is 16.9. The topological polar surface area (TPSA) is 78.9 Å². The Morgan fingerprint density at radius 3 is 0.827 bits per heavy atom. The van der Waals surface area contributed by atoms with Crippen LogP contribution in [0.5, 0.6) is 0 Å². The molecule has 6 nitrogen and oxygen atoms in total. The Labute approximate surface area is 463 Å². The van der Waals surface area contributed by atoms with Gasteiger partial charge in [0.15, 0.2) is 6.10 Å². The molecule has 0 bridgehead atoms. The fourth-order valence-corrected chi connectivity index (χ4v) is 8.60. The monoisotopic (exact) mass is 1040 g/mol. The second kappa shape index (κ2) is 62.6. The quantitative estimate of drug-likeness (QED) is 0.0261. The summed E-state index contributed by atoms with van der Waals surface area (Å²) in [5.74, 6) is -0.924. The van der Waals surface area contributed by atoms with Crippen molar-refractivity contribution in [3.63, 3.8) is 0 Å². The second-order valence-corrected chi connectivity index (χ2v) is 20.5. The van der Waals surface area contributed by atoms with E-state index in [4.69, 9.17) is 14.2 Å². The highest BCUT2D eigenvalue weighted by atomic mass is 16.6. The second-order valence-electron chi connectivity index (χ2n) is 20.5. The Kier molecular flexibility index (Phi) is 59.3. The van der Waals surface area contributed by atoms with Gasteiger partial charge >= 0.3 is 17.9 Å². The third kappa shape index (κ3) is 60.8. The molecule has 1 atom stereocenters. The number of hydrogen-bond donors (Lipinski definition) is 0. The lowest BCUT2D eigenvalue weighted by Gasteiger charge is -2.18. The first kappa shape index (κ1) is 71.1. The van der Waals surface area contributed by atoms with Gasteiger partial charge in [0.1, 0.15) is 13.2 Å². The van der Waals surface area contributed by atoms with Crippen LogP contribution < -0.4 is 0 Å². The van der Waals surface area contributed by atoms with E-state index in [0.29, 0.717) is 19.3 Å². The Morgan fingerprint density at radius 2 is 0.520 bits per heavy atom. The molecule has 0 N–H and O–H groups in total. The average Bonchev–Trinajstić information content (AvgIpc) is 3.41. The summed E-state index contributed by atoms with van der Waals surface area (Å²) in [5, 5.41) is 0. The van der Waals surface area contributed by atoms with Crippen LogP contribution in [0.2, 0.25) is 0 Å². The van der Waals surface area contributed by atoms with Crippen LogP contribution in [-0.4, -0.2) is 37.2 Å². The Morgan fingerprint density at radius 1 is 0.280 bits per heavy atom. The van der Waals surface area contributed by atoms with Crippen molar-refractivity contribution in [2.24, 2.45) is 0 Å². The fraction of sp³-hybridized carbons (Fsp3) is 0.696. The average molecular weight is 1040 g/mol. The lowest BCUT2D eigenvalue weighted by molar-refractivity contribution is -0.167. The number of rotatable bonds is 56. The van der Waals surface area contributed by atoms with Crippen LogP contribution in [0.4, 0.5) is 0 Å². The minimum atomic E-state index is -0.796. The first-order chi connectivity index (χ1) is 37.0. The van der Waals surface area contributed by atoms with Crippen LogP contribution >= 0.6 is 0 Å². The first-order valence-corrected chi connectivity index (χ1v) is 31.4. The first-order valence-electron chi connectivity index (χ1n) is 31.4. The zero-order chi connectivity index (χ0) is 54.3. The van der Waals surface area contributed by atoms with Gasteiger partial charge in [0.05, 0.1) is 0 Å². The van der Waals surface area contributed by atoms with Gasteiger partial charge in [-0.05, 0) is 122 Å². The molecular weight excluding hydrogens is 925 g/mol. The lowest BCUT2D eigenvalue weighted by atomic mass is 10.0. The molecular formula is C69H116O6. The lowest BCUT2D eigenvalue weighted by Crippen LogP contribution is -2.30. The van der Waals surface area contributed by atoms with E-state index in [1.807, 2.05) is 0 Å². The summed E-state index contributed by atoms with van der Waals surface area (Å²) in [6.07, 6.45) is 85.3. The van der Waals surface area contributed by atoms with Gasteiger partial charge in [-0.15, -0.1) is 0 Å². The highest BCUT2D eigenvalue weighted by Gasteiger charge is 2.19. The van der Waals surface area contributed by atoms with E-state index in [1.165, 1.54) is 128 Å². The molecule has 0 saturated heterocycles. The van der Waals surface area contributed by atoms with Gasteiger partial charge in [0.25, 0.3) is 0 Å². The Bertz CT molecular complexity index is 1520. The van der Waals surface area contributed by atoms with E-state index in [-0.39, 0.29) is 31.1 Å². The third-order valence-electron chi connectivity index (χ3n) is 13.2. The number of carbonyl (C=O) groups excluding carboxylic acids is 3. The molecule has 0 saturated carbocycles. The number of allylic oxidation sites excluding steroid dienone is 18. The van der Waals surface area contributed by atoms with Crippen LogP contribution in [0, 0.1) is 0 Å². The van der Waals surface area contributed by atoms with Crippen LogP contribution in [0.15, 0.2) is 109 Å². The summed E-state index contributed by atoms with van der Waals surface area (Å²) >= 11 is 0. The third-order valence-corrected chi connectivity index (χ3v) is 13.2. The predicted molar refractivity (Wildman–Crippen MR) is 325 cm³/mol. The fourth-order valence-electron chi connectivity index (χ4n) is 8.60. The number of ether oxygens (including phenoxy) is 3. The highest BCUT2D eigenvalue weighted by molar-refractivity contribution is 5.71. The molecule has 0 amide bonds. The molecule has 0 aliphatic rings. The summed E-state index contributed by atoms with van der Waals surface area (Å²) in [6, 6.07) is 0. The summed E-state index contributed by atoms with van der Waals surface area (Å²) in [7, 11) is 0.